The first kappa shape index (κ1) is 36.2. The second-order valence-electron chi connectivity index (χ2n) is 1.17. The van der Waals surface area contributed by atoms with E-state index in [1.54, 1.807) is 12.2 Å². The Morgan fingerprint density at radius 2 is 0.750 bits per heavy atom. The topological polar surface area (TPSA) is 0 Å². The van der Waals surface area contributed by atoms with Crippen LogP contribution >= 0.6 is 0 Å². The van der Waals surface area contributed by atoms with E-state index in [0.29, 0.717) is 0 Å². The Bertz CT molecular complexity index is 54.4. The number of hydrogen-bond acceptors (Lipinski definition) is 0. The van der Waals surface area contributed by atoms with Crippen molar-refractivity contribution in [3.63, 3.8) is 0 Å². The van der Waals surface area contributed by atoms with E-state index in [-0.39, 0.29) is 0 Å². The highest BCUT2D eigenvalue weighted by molar-refractivity contribution is 4.88. The molecule has 0 bridgehead atoms. The number of allylic oxidation sites excluding steroid dienone is 3. The Balaban J connectivity index is -0.0000000196. The van der Waals surface area contributed by atoms with E-state index in [2.05, 4.69) is 26.7 Å². The minimum atomic E-state index is 1.08. The third kappa shape index (κ3) is 1330. The van der Waals surface area contributed by atoms with Crippen molar-refractivity contribution in [2.24, 2.45) is 0 Å². The quantitative estimate of drug-likeness (QED) is 0.352. The molecule has 0 fully saturated rings. The lowest BCUT2D eigenvalue weighted by Gasteiger charge is -1.57. The number of hydrogen-bond donors (Lipinski definition) is 0. The first-order valence-electron chi connectivity index (χ1n) is 6.67. The lowest BCUT2D eigenvalue weighted by molar-refractivity contribution is 1.23. The molecular weight excluding hydrogens is 192 g/mol. The van der Waals surface area contributed by atoms with Gasteiger partial charge in [0, 0.05) is 0 Å². The Labute approximate surface area is 107 Å². The molecule has 0 nitrogen and oxygen atoms in total. The lowest BCUT2D eigenvalue weighted by atomic mass is 10.5. The van der Waals surface area contributed by atoms with Crippen molar-refractivity contribution < 1.29 is 0 Å². The summed E-state index contributed by atoms with van der Waals surface area (Å²) in [6.07, 6.45) is 6.24. The van der Waals surface area contributed by atoms with Crippen LogP contribution in [-0.2, 0) is 0 Å². The summed E-state index contributed by atoms with van der Waals surface area (Å²) in [4.78, 5) is 0. The molecule has 0 aromatic carbocycles. The van der Waals surface area contributed by atoms with Crippen molar-refractivity contribution in [2.75, 3.05) is 0 Å². The van der Waals surface area contributed by atoms with Gasteiger partial charge in [-0.05, 0) is 6.42 Å². The predicted octanol–water partition coefficient (Wildman–Crippen LogP) is 7.05. The zero-order valence-corrected chi connectivity index (χ0v) is 13.6. The predicted molar refractivity (Wildman–Crippen MR) is 86.3 cm³/mol. The minimum absolute atomic E-state index is 1.08. The average Bonchev–Trinajstić information content (AvgIpc) is 2.47. The monoisotopic (exact) mass is 230 g/mol. The van der Waals surface area contributed by atoms with Gasteiger partial charge in [-0.3, -0.25) is 0 Å². The van der Waals surface area contributed by atoms with Crippen molar-refractivity contribution in [1.29, 1.82) is 0 Å². The molecule has 0 N–H and O–H groups in total. The highest BCUT2D eigenvalue weighted by Gasteiger charge is 1.45. The van der Waals surface area contributed by atoms with Crippen LogP contribution in [0.5, 0.6) is 0 Å². The van der Waals surface area contributed by atoms with Crippen LogP contribution in [0.25, 0.3) is 0 Å². The molecule has 0 radical (unpaired) electrons. The standard InChI is InChI=1S/C4H8.C4H6.4C2H6/c2*1-3-4-2;4*1-2/h3H,1,4H2,2H3;3-4H,1-2H2;4*1-2H3. The van der Waals surface area contributed by atoms with E-state index >= 15 is 0 Å². The maximum absolute atomic E-state index is 3.48. The van der Waals surface area contributed by atoms with Gasteiger partial charge in [-0.15, -0.1) is 6.58 Å². The Morgan fingerprint density at radius 1 is 0.625 bits per heavy atom. The molecule has 0 aliphatic rings. The maximum Gasteiger partial charge on any atom is -0.0382 e. The SMILES string of the molecule is C=CC=C.C=CCC.CC.CC.CC.CC. The Hall–Kier alpha value is -0.780. The third-order valence-corrected chi connectivity index (χ3v) is 0.455. The van der Waals surface area contributed by atoms with E-state index in [9.17, 15) is 0 Å². The molecule has 0 aliphatic heterocycles. The van der Waals surface area contributed by atoms with Crippen LogP contribution in [0.15, 0.2) is 38.0 Å². The highest BCUT2D eigenvalue weighted by atomic mass is 13.5. The molecule has 0 aromatic rings. The molecule has 102 valence electrons. The van der Waals surface area contributed by atoms with Gasteiger partial charge in [-0.25, -0.2) is 0 Å². The number of rotatable bonds is 2. The van der Waals surface area contributed by atoms with Crippen molar-refractivity contribution in [3.05, 3.63) is 38.0 Å². The van der Waals surface area contributed by atoms with Gasteiger partial charge in [0.15, 0.2) is 0 Å². The van der Waals surface area contributed by atoms with E-state index < -0.39 is 0 Å². The Kier molecular flexibility index (Phi) is 542. The third-order valence-electron chi connectivity index (χ3n) is 0.455. The van der Waals surface area contributed by atoms with Crippen molar-refractivity contribution in [3.8, 4) is 0 Å². The largest absolute Gasteiger partial charge is 0.103 e. The summed E-state index contributed by atoms with van der Waals surface area (Å²) in [5.41, 5.74) is 0. The maximum atomic E-state index is 3.48. The summed E-state index contributed by atoms with van der Waals surface area (Å²) in [6, 6.07) is 0. The normalized spacial score (nSPS) is 4.31. The summed E-state index contributed by atoms with van der Waals surface area (Å²) in [5.74, 6) is 0. The first-order valence-corrected chi connectivity index (χ1v) is 6.67. The van der Waals surface area contributed by atoms with Gasteiger partial charge in [-0.1, -0.05) is 93.7 Å². The molecule has 0 spiro atoms. The van der Waals surface area contributed by atoms with Gasteiger partial charge >= 0.3 is 0 Å². The average molecular weight is 230 g/mol. The van der Waals surface area contributed by atoms with Crippen molar-refractivity contribution >= 4 is 0 Å². The molecule has 0 aromatic heterocycles. The first-order chi connectivity index (χ1) is 7.83. The fourth-order valence-corrected chi connectivity index (χ4v) is 0. The molecule has 16 heavy (non-hydrogen) atoms. The Morgan fingerprint density at radius 3 is 0.750 bits per heavy atom. The molecule has 0 aliphatic carbocycles. The summed E-state index contributed by atoms with van der Waals surface area (Å²) in [5, 5.41) is 0. The zero-order valence-electron chi connectivity index (χ0n) is 13.6. The second kappa shape index (κ2) is 240. The van der Waals surface area contributed by atoms with Crippen LogP contribution in [-0.4, -0.2) is 0 Å². The van der Waals surface area contributed by atoms with Crippen molar-refractivity contribution in [2.45, 2.75) is 68.7 Å². The molecule has 0 saturated carbocycles. The fourth-order valence-electron chi connectivity index (χ4n) is 0. The summed E-state index contributed by atoms with van der Waals surface area (Å²) >= 11 is 0. The second-order valence-corrected chi connectivity index (χ2v) is 1.17. The molecule has 0 heteroatoms. The molecule has 0 saturated heterocycles. The fraction of sp³-hybridized carbons (Fsp3) is 0.625. The van der Waals surface area contributed by atoms with Crippen LogP contribution in [0.3, 0.4) is 0 Å². The molecule has 0 atom stereocenters. The van der Waals surface area contributed by atoms with E-state index in [4.69, 9.17) is 0 Å². The summed E-state index contributed by atoms with van der Waals surface area (Å²) in [7, 11) is 0. The molecule has 0 heterocycles. The smallest absolute Gasteiger partial charge is 0.0382 e. The molecular formula is C16H38. The van der Waals surface area contributed by atoms with Crippen LogP contribution in [0.1, 0.15) is 68.7 Å². The van der Waals surface area contributed by atoms with Crippen LogP contribution < -0.4 is 0 Å². The lowest BCUT2D eigenvalue weighted by Crippen LogP contribution is -1.36. The molecule has 0 rings (SSSR count). The van der Waals surface area contributed by atoms with E-state index in [1.807, 2.05) is 61.5 Å². The summed E-state index contributed by atoms with van der Waals surface area (Å²) in [6.45, 7) is 28.3. The van der Waals surface area contributed by atoms with Crippen LogP contribution in [0.2, 0.25) is 0 Å². The van der Waals surface area contributed by atoms with Gasteiger partial charge in [0.25, 0.3) is 0 Å². The van der Waals surface area contributed by atoms with Gasteiger partial charge < -0.3 is 0 Å². The molecule has 0 unspecified atom stereocenters. The van der Waals surface area contributed by atoms with E-state index in [0.717, 1.165) is 6.42 Å². The van der Waals surface area contributed by atoms with Gasteiger partial charge in [0.05, 0.1) is 0 Å². The minimum Gasteiger partial charge on any atom is -0.103 e. The highest BCUT2D eigenvalue weighted by Crippen LogP contribution is 1.66. The van der Waals surface area contributed by atoms with E-state index in [1.165, 1.54) is 0 Å². The zero-order chi connectivity index (χ0) is 14.8. The summed E-state index contributed by atoms with van der Waals surface area (Å²) < 4.78 is 0. The van der Waals surface area contributed by atoms with Gasteiger partial charge in [0.1, 0.15) is 0 Å². The molecule has 0 amide bonds. The van der Waals surface area contributed by atoms with Crippen molar-refractivity contribution in [1.82, 2.24) is 0 Å². The van der Waals surface area contributed by atoms with Gasteiger partial charge in [-0.2, -0.15) is 0 Å². The van der Waals surface area contributed by atoms with Crippen LogP contribution in [0, 0.1) is 0 Å². The van der Waals surface area contributed by atoms with Gasteiger partial charge in [0.2, 0.25) is 0 Å². The van der Waals surface area contributed by atoms with Crippen LogP contribution in [0.4, 0.5) is 0 Å².